The second kappa shape index (κ2) is 7.06. The van der Waals surface area contributed by atoms with Crippen LogP contribution in [0.2, 0.25) is 0 Å². The van der Waals surface area contributed by atoms with Crippen molar-refractivity contribution >= 4 is 0 Å². The summed E-state index contributed by atoms with van der Waals surface area (Å²) in [5.74, 6) is 0.788. The first-order chi connectivity index (χ1) is 9.16. The number of hydrogen-bond acceptors (Lipinski definition) is 2. The van der Waals surface area contributed by atoms with Gasteiger partial charge in [-0.3, -0.25) is 4.90 Å². The zero-order chi connectivity index (χ0) is 13.7. The van der Waals surface area contributed by atoms with Gasteiger partial charge in [0.1, 0.15) is 0 Å². The quantitative estimate of drug-likeness (QED) is 0.873. The first-order valence-electron chi connectivity index (χ1n) is 7.68. The van der Waals surface area contributed by atoms with Crippen molar-refractivity contribution in [1.29, 1.82) is 0 Å². The third-order valence-corrected chi connectivity index (χ3v) is 4.07. The molecular formula is C17H28N2. The molecule has 0 radical (unpaired) electrons. The number of nitrogens with zero attached hydrogens (tertiary/aromatic N) is 1. The predicted octanol–water partition coefficient (Wildman–Crippen LogP) is 3.38. The summed E-state index contributed by atoms with van der Waals surface area (Å²) < 4.78 is 0. The molecule has 106 valence electrons. The maximum Gasteiger partial charge on any atom is 0.0349 e. The number of benzene rings is 1. The van der Waals surface area contributed by atoms with Gasteiger partial charge in [0, 0.05) is 32.2 Å². The fourth-order valence-corrected chi connectivity index (χ4v) is 2.83. The summed E-state index contributed by atoms with van der Waals surface area (Å²) in [6.45, 7) is 11.4. The highest BCUT2D eigenvalue weighted by atomic mass is 15.2. The van der Waals surface area contributed by atoms with Gasteiger partial charge < -0.3 is 5.32 Å². The van der Waals surface area contributed by atoms with Crippen molar-refractivity contribution < 1.29 is 0 Å². The summed E-state index contributed by atoms with van der Waals surface area (Å²) in [5, 5.41) is 3.45. The van der Waals surface area contributed by atoms with Gasteiger partial charge in [-0.25, -0.2) is 0 Å². The molecule has 0 aliphatic carbocycles. The zero-order valence-electron chi connectivity index (χ0n) is 12.7. The Labute approximate surface area is 118 Å². The molecule has 1 aromatic rings. The standard InChI is InChI=1S/C17H28N2/c1-14(2)4-9-17(19-12-10-18-11-13-19)16-7-5-15(3)6-8-16/h5-8,14,17-18H,4,9-13H2,1-3H3/t17-/m1/s1. The molecule has 1 saturated heterocycles. The van der Waals surface area contributed by atoms with Gasteiger partial charge in [0.15, 0.2) is 0 Å². The van der Waals surface area contributed by atoms with Crippen LogP contribution >= 0.6 is 0 Å². The highest BCUT2D eigenvalue weighted by molar-refractivity contribution is 5.24. The highest BCUT2D eigenvalue weighted by Gasteiger charge is 2.21. The Morgan fingerprint density at radius 3 is 2.26 bits per heavy atom. The fraction of sp³-hybridized carbons (Fsp3) is 0.647. The molecule has 1 fully saturated rings. The summed E-state index contributed by atoms with van der Waals surface area (Å²) in [6.07, 6.45) is 2.59. The summed E-state index contributed by atoms with van der Waals surface area (Å²) >= 11 is 0. The van der Waals surface area contributed by atoms with E-state index >= 15 is 0 Å². The van der Waals surface area contributed by atoms with E-state index in [-0.39, 0.29) is 0 Å². The lowest BCUT2D eigenvalue weighted by Crippen LogP contribution is -2.45. The van der Waals surface area contributed by atoms with Crippen LogP contribution in [0.1, 0.15) is 43.9 Å². The summed E-state index contributed by atoms with van der Waals surface area (Å²) in [6, 6.07) is 9.75. The Balaban J connectivity index is 2.10. The number of hydrogen-bond donors (Lipinski definition) is 1. The van der Waals surface area contributed by atoms with Crippen LogP contribution in [0.3, 0.4) is 0 Å². The first-order valence-corrected chi connectivity index (χ1v) is 7.68. The Hall–Kier alpha value is -0.860. The third-order valence-electron chi connectivity index (χ3n) is 4.07. The van der Waals surface area contributed by atoms with Crippen molar-refractivity contribution in [2.75, 3.05) is 26.2 Å². The van der Waals surface area contributed by atoms with Crippen molar-refractivity contribution in [3.8, 4) is 0 Å². The van der Waals surface area contributed by atoms with Crippen LogP contribution in [-0.2, 0) is 0 Å². The Kier molecular flexibility index (Phi) is 5.41. The van der Waals surface area contributed by atoms with Crippen LogP contribution in [0, 0.1) is 12.8 Å². The Morgan fingerprint density at radius 1 is 1.05 bits per heavy atom. The normalized spacial score (nSPS) is 18.7. The molecule has 0 saturated carbocycles. The molecule has 0 unspecified atom stereocenters. The van der Waals surface area contributed by atoms with Crippen molar-refractivity contribution in [3.05, 3.63) is 35.4 Å². The second-order valence-corrected chi connectivity index (χ2v) is 6.18. The van der Waals surface area contributed by atoms with E-state index in [0.717, 1.165) is 19.0 Å². The van der Waals surface area contributed by atoms with Crippen LogP contribution in [0.25, 0.3) is 0 Å². The van der Waals surface area contributed by atoms with Gasteiger partial charge in [0.25, 0.3) is 0 Å². The molecule has 2 heteroatoms. The number of nitrogens with one attached hydrogen (secondary N) is 1. The van der Waals surface area contributed by atoms with Crippen molar-refractivity contribution in [1.82, 2.24) is 10.2 Å². The second-order valence-electron chi connectivity index (χ2n) is 6.18. The lowest BCUT2D eigenvalue weighted by molar-refractivity contribution is 0.160. The fourth-order valence-electron chi connectivity index (χ4n) is 2.83. The smallest absolute Gasteiger partial charge is 0.0349 e. The molecule has 0 spiro atoms. The van der Waals surface area contributed by atoms with E-state index < -0.39 is 0 Å². The van der Waals surface area contributed by atoms with Crippen LogP contribution < -0.4 is 5.32 Å². The van der Waals surface area contributed by atoms with E-state index in [1.807, 2.05) is 0 Å². The molecule has 1 atom stereocenters. The van der Waals surface area contributed by atoms with Crippen molar-refractivity contribution in [2.24, 2.45) is 5.92 Å². The predicted molar refractivity (Wildman–Crippen MR) is 82.4 cm³/mol. The van der Waals surface area contributed by atoms with E-state index in [1.54, 1.807) is 0 Å². The van der Waals surface area contributed by atoms with E-state index in [9.17, 15) is 0 Å². The van der Waals surface area contributed by atoms with Crippen molar-refractivity contribution in [3.63, 3.8) is 0 Å². The highest BCUT2D eigenvalue weighted by Crippen LogP contribution is 2.27. The molecule has 0 bridgehead atoms. The summed E-state index contributed by atoms with van der Waals surface area (Å²) in [7, 11) is 0. The topological polar surface area (TPSA) is 15.3 Å². The van der Waals surface area contributed by atoms with E-state index in [4.69, 9.17) is 0 Å². The minimum absolute atomic E-state index is 0.602. The van der Waals surface area contributed by atoms with E-state index in [1.165, 1.54) is 37.1 Å². The average Bonchev–Trinajstić information content (AvgIpc) is 2.42. The molecule has 0 amide bonds. The minimum Gasteiger partial charge on any atom is -0.314 e. The minimum atomic E-state index is 0.602. The van der Waals surface area contributed by atoms with Gasteiger partial charge in [-0.15, -0.1) is 0 Å². The average molecular weight is 260 g/mol. The SMILES string of the molecule is Cc1ccc([C@@H](CCC(C)C)N2CCNCC2)cc1. The Morgan fingerprint density at radius 2 is 1.68 bits per heavy atom. The molecule has 1 aliphatic rings. The van der Waals surface area contributed by atoms with Crippen LogP contribution in [0.15, 0.2) is 24.3 Å². The van der Waals surface area contributed by atoms with Crippen molar-refractivity contribution in [2.45, 2.75) is 39.7 Å². The van der Waals surface area contributed by atoms with Gasteiger partial charge in [0.2, 0.25) is 0 Å². The molecule has 2 rings (SSSR count). The van der Waals surface area contributed by atoms with Gasteiger partial charge in [-0.1, -0.05) is 43.7 Å². The largest absolute Gasteiger partial charge is 0.314 e. The van der Waals surface area contributed by atoms with E-state index in [2.05, 4.69) is 55.3 Å². The molecular weight excluding hydrogens is 232 g/mol. The molecule has 1 aliphatic heterocycles. The maximum atomic E-state index is 3.45. The molecule has 19 heavy (non-hydrogen) atoms. The van der Waals surface area contributed by atoms with Gasteiger partial charge in [-0.05, 0) is 31.2 Å². The van der Waals surface area contributed by atoms with Gasteiger partial charge >= 0.3 is 0 Å². The third kappa shape index (κ3) is 4.32. The van der Waals surface area contributed by atoms with Gasteiger partial charge in [0.05, 0.1) is 0 Å². The lowest BCUT2D eigenvalue weighted by Gasteiger charge is -2.35. The number of piperazine rings is 1. The summed E-state index contributed by atoms with van der Waals surface area (Å²) in [4.78, 5) is 2.66. The number of rotatable bonds is 5. The monoisotopic (exact) mass is 260 g/mol. The maximum absolute atomic E-state index is 3.45. The zero-order valence-corrected chi connectivity index (χ0v) is 12.7. The molecule has 1 N–H and O–H groups in total. The first kappa shape index (κ1) is 14.5. The Bertz CT molecular complexity index is 363. The number of aryl methyl sites for hydroxylation is 1. The molecule has 1 aromatic carbocycles. The lowest BCUT2D eigenvalue weighted by atomic mass is 9.95. The van der Waals surface area contributed by atoms with E-state index in [0.29, 0.717) is 6.04 Å². The molecule has 1 heterocycles. The molecule has 2 nitrogen and oxygen atoms in total. The molecule has 0 aromatic heterocycles. The van der Waals surface area contributed by atoms with Crippen LogP contribution in [0.5, 0.6) is 0 Å². The van der Waals surface area contributed by atoms with Crippen LogP contribution in [-0.4, -0.2) is 31.1 Å². The summed E-state index contributed by atoms with van der Waals surface area (Å²) in [5.41, 5.74) is 2.85. The van der Waals surface area contributed by atoms with Crippen LogP contribution in [0.4, 0.5) is 0 Å². The van der Waals surface area contributed by atoms with Gasteiger partial charge in [-0.2, -0.15) is 0 Å².